The van der Waals surface area contributed by atoms with Gasteiger partial charge in [-0.25, -0.2) is 14.8 Å². The Morgan fingerprint density at radius 1 is 1.29 bits per heavy atom. The van der Waals surface area contributed by atoms with E-state index in [4.69, 9.17) is 10.00 Å². The molecule has 160 valence electrons. The molecule has 0 atom stereocenters. The topological polar surface area (TPSA) is 109 Å². The van der Waals surface area contributed by atoms with Crippen molar-refractivity contribution in [1.29, 1.82) is 5.26 Å². The Labute approximate surface area is 180 Å². The molecule has 4 rings (SSSR count). The fraction of sp³-hybridized carbons (Fsp3) is 0.409. The Morgan fingerprint density at radius 3 is 2.71 bits per heavy atom. The predicted octanol–water partition coefficient (Wildman–Crippen LogP) is 2.80. The van der Waals surface area contributed by atoms with Gasteiger partial charge < -0.3 is 15.0 Å². The first-order valence-electron chi connectivity index (χ1n) is 10.4. The molecule has 1 aliphatic rings. The summed E-state index contributed by atoms with van der Waals surface area (Å²) < 4.78 is 6.99. The molecule has 0 radical (unpaired) electrons. The molecule has 9 heteroatoms. The van der Waals surface area contributed by atoms with Crippen molar-refractivity contribution in [1.82, 2.24) is 19.7 Å². The number of anilines is 2. The van der Waals surface area contributed by atoms with Crippen LogP contribution in [-0.2, 0) is 11.8 Å². The second-order valence-electron chi connectivity index (χ2n) is 7.60. The van der Waals surface area contributed by atoms with Crippen LogP contribution in [-0.4, -0.2) is 51.5 Å². The summed E-state index contributed by atoms with van der Waals surface area (Å²) >= 11 is 0. The molecule has 9 nitrogen and oxygen atoms in total. The number of nitrogens with one attached hydrogen (secondary N) is 1. The molecule has 1 aliphatic heterocycles. The van der Waals surface area contributed by atoms with Crippen LogP contribution in [0.3, 0.4) is 0 Å². The van der Waals surface area contributed by atoms with E-state index in [2.05, 4.69) is 31.4 Å². The number of hydrogen-bond acceptors (Lipinski definition) is 8. The zero-order chi connectivity index (χ0) is 22.0. The van der Waals surface area contributed by atoms with Gasteiger partial charge in [-0.15, -0.1) is 0 Å². The van der Waals surface area contributed by atoms with Crippen LogP contribution >= 0.6 is 0 Å². The fourth-order valence-corrected chi connectivity index (χ4v) is 4.02. The molecule has 0 amide bonds. The van der Waals surface area contributed by atoms with Crippen LogP contribution in [0.1, 0.15) is 41.4 Å². The van der Waals surface area contributed by atoms with Gasteiger partial charge in [0.2, 0.25) is 0 Å². The highest BCUT2D eigenvalue weighted by molar-refractivity contribution is 6.05. The van der Waals surface area contributed by atoms with Crippen LogP contribution in [0, 0.1) is 18.3 Å². The number of fused-ring (bicyclic) bond motifs is 1. The number of pyridine rings is 2. The standard InChI is InChI=1S/C22H25N7O2/c1-4-31-22(30)17-13-25-21-19(14(2)27-28(21)3)20(17)26-16-7-9-29(10-8-16)18-6-5-15(11-23)12-24-18/h5-6,12-13,16H,4,7-10H2,1-3H3,(H,25,26). The maximum Gasteiger partial charge on any atom is 0.341 e. The van der Waals surface area contributed by atoms with Gasteiger partial charge in [-0.05, 0) is 38.8 Å². The molecule has 0 aromatic carbocycles. The van der Waals surface area contributed by atoms with Crippen LogP contribution in [0.15, 0.2) is 24.5 Å². The minimum atomic E-state index is -0.387. The number of rotatable bonds is 5. The van der Waals surface area contributed by atoms with Crippen molar-refractivity contribution in [2.75, 3.05) is 29.9 Å². The van der Waals surface area contributed by atoms with Crippen molar-refractivity contribution in [2.45, 2.75) is 32.7 Å². The van der Waals surface area contributed by atoms with Crippen molar-refractivity contribution in [2.24, 2.45) is 7.05 Å². The van der Waals surface area contributed by atoms with Gasteiger partial charge in [-0.2, -0.15) is 10.4 Å². The third kappa shape index (κ3) is 4.01. The average Bonchev–Trinajstić information content (AvgIpc) is 3.08. The molecule has 0 unspecified atom stereocenters. The van der Waals surface area contributed by atoms with Crippen LogP contribution in [0.25, 0.3) is 11.0 Å². The highest BCUT2D eigenvalue weighted by atomic mass is 16.5. The molecule has 0 saturated carbocycles. The van der Waals surface area contributed by atoms with Crippen LogP contribution in [0.5, 0.6) is 0 Å². The molecule has 1 saturated heterocycles. The lowest BCUT2D eigenvalue weighted by atomic mass is 10.0. The summed E-state index contributed by atoms with van der Waals surface area (Å²) in [6, 6.07) is 5.96. The maximum atomic E-state index is 12.6. The molecular formula is C22H25N7O2. The van der Waals surface area contributed by atoms with Gasteiger partial charge in [0.15, 0.2) is 5.65 Å². The lowest BCUT2D eigenvalue weighted by molar-refractivity contribution is 0.0527. The number of ether oxygens (including phenoxy) is 1. The smallest absolute Gasteiger partial charge is 0.341 e. The molecule has 1 N–H and O–H groups in total. The van der Waals surface area contributed by atoms with Gasteiger partial charge >= 0.3 is 5.97 Å². The van der Waals surface area contributed by atoms with Crippen molar-refractivity contribution < 1.29 is 9.53 Å². The van der Waals surface area contributed by atoms with E-state index in [0.29, 0.717) is 17.7 Å². The number of nitriles is 1. The van der Waals surface area contributed by atoms with E-state index in [0.717, 1.165) is 54.2 Å². The van der Waals surface area contributed by atoms with Gasteiger partial charge in [0, 0.05) is 38.6 Å². The molecule has 1 fully saturated rings. The summed E-state index contributed by atoms with van der Waals surface area (Å²) in [5.74, 6) is 0.487. The number of carbonyl (C=O) groups is 1. The average molecular weight is 419 g/mol. The lowest BCUT2D eigenvalue weighted by Gasteiger charge is -2.34. The van der Waals surface area contributed by atoms with Crippen LogP contribution < -0.4 is 10.2 Å². The Balaban J connectivity index is 1.56. The van der Waals surface area contributed by atoms with E-state index in [1.165, 1.54) is 0 Å². The van der Waals surface area contributed by atoms with E-state index < -0.39 is 0 Å². The first-order valence-corrected chi connectivity index (χ1v) is 10.4. The van der Waals surface area contributed by atoms with E-state index in [1.54, 1.807) is 30.1 Å². The van der Waals surface area contributed by atoms with Gasteiger partial charge in [0.25, 0.3) is 0 Å². The SMILES string of the molecule is CCOC(=O)c1cnc2c(c(C)nn2C)c1NC1CCN(c2ccc(C#N)cn2)CC1. The summed E-state index contributed by atoms with van der Waals surface area (Å²) in [7, 11) is 1.85. The van der Waals surface area contributed by atoms with Crippen molar-refractivity contribution in [3.8, 4) is 6.07 Å². The van der Waals surface area contributed by atoms with Gasteiger partial charge in [-0.1, -0.05) is 0 Å². The quantitative estimate of drug-likeness (QED) is 0.629. The highest BCUT2D eigenvalue weighted by Crippen LogP contribution is 2.31. The highest BCUT2D eigenvalue weighted by Gasteiger charge is 2.25. The zero-order valence-electron chi connectivity index (χ0n) is 17.9. The Bertz CT molecular complexity index is 1140. The van der Waals surface area contributed by atoms with Crippen molar-refractivity contribution >= 4 is 28.5 Å². The number of carbonyl (C=O) groups excluding carboxylic acids is 1. The second-order valence-corrected chi connectivity index (χ2v) is 7.60. The molecule has 3 aromatic rings. The zero-order valence-corrected chi connectivity index (χ0v) is 17.9. The van der Waals surface area contributed by atoms with Crippen molar-refractivity contribution in [3.05, 3.63) is 41.3 Å². The van der Waals surface area contributed by atoms with E-state index in [1.807, 2.05) is 20.0 Å². The summed E-state index contributed by atoms with van der Waals surface area (Å²) in [6.45, 7) is 5.66. The maximum absolute atomic E-state index is 12.6. The normalized spacial score (nSPS) is 14.5. The molecular weight excluding hydrogens is 394 g/mol. The van der Waals surface area contributed by atoms with Crippen LogP contribution in [0.4, 0.5) is 11.5 Å². The summed E-state index contributed by atoms with van der Waals surface area (Å²) in [6.07, 6.45) is 4.93. The van der Waals surface area contributed by atoms with E-state index >= 15 is 0 Å². The number of esters is 1. The largest absolute Gasteiger partial charge is 0.462 e. The Morgan fingerprint density at radius 2 is 2.06 bits per heavy atom. The number of aromatic nitrogens is 4. The molecule has 0 spiro atoms. The number of aryl methyl sites for hydroxylation is 2. The molecule has 3 aromatic heterocycles. The van der Waals surface area contributed by atoms with E-state index in [-0.39, 0.29) is 12.0 Å². The van der Waals surface area contributed by atoms with E-state index in [9.17, 15) is 4.79 Å². The van der Waals surface area contributed by atoms with Crippen LogP contribution in [0.2, 0.25) is 0 Å². The van der Waals surface area contributed by atoms with Gasteiger partial charge in [-0.3, -0.25) is 4.68 Å². The first-order chi connectivity index (χ1) is 15.0. The minimum Gasteiger partial charge on any atom is -0.462 e. The molecule has 4 heterocycles. The minimum absolute atomic E-state index is 0.188. The van der Waals surface area contributed by atoms with Gasteiger partial charge in [0.05, 0.1) is 28.9 Å². The van der Waals surface area contributed by atoms with Gasteiger partial charge in [0.1, 0.15) is 17.5 Å². The number of piperidine rings is 1. The molecule has 0 aliphatic carbocycles. The lowest BCUT2D eigenvalue weighted by Crippen LogP contribution is -2.39. The third-order valence-corrected chi connectivity index (χ3v) is 5.57. The second kappa shape index (κ2) is 8.60. The number of hydrogen-bond donors (Lipinski definition) is 1. The summed E-state index contributed by atoms with van der Waals surface area (Å²) in [5, 5.41) is 17.9. The first kappa shape index (κ1) is 20.6. The Kier molecular flexibility index (Phi) is 5.71. The number of nitrogens with zero attached hydrogens (tertiary/aromatic N) is 6. The molecule has 31 heavy (non-hydrogen) atoms. The summed E-state index contributed by atoms with van der Waals surface area (Å²) in [5.41, 5.74) is 3.27. The summed E-state index contributed by atoms with van der Waals surface area (Å²) in [4.78, 5) is 23.6. The monoisotopic (exact) mass is 419 g/mol. The third-order valence-electron chi connectivity index (χ3n) is 5.57. The van der Waals surface area contributed by atoms with Crippen molar-refractivity contribution in [3.63, 3.8) is 0 Å². The predicted molar refractivity (Wildman–Crippen MR) is 117 cm³/mol. The molecule has 0 bridgehead atoms. The fourth-order valence-electron chi connectivity index (χ4n) is 4.02. The Hall–Kier alpha value is -3.67.